The lowest BCUT2D eigenvalue weighted by Crippen LogP contribution is -2.39. The van der Waals surface area contributed by atoms with Crippen LogP contribution >= 0.6 is 0 Å². The molecule has 0 saturated carbocycles. The van der Waals surface area contributed by atoms with E-state index in [1.165, 1.54) is 5.56 Å². The first-order valence-corrected chi connectivity index (χ1v) is 8.12. The van der Waals surface area contributed by atoms with Gasteiger partial charge in [-0.2, -0.15) is 0 Å². The lowest BCUT2D eigenvalue weighted by Gasteiger charge is -2.30. The molecule has 1 aliphatic heterocycles. The maximum atomic E-state index is 12.3. The summed E-state index contributed by atoms with van der Waals surface area (Å²) in [6.45, 7) is 7.59. The predicted molar refractivity (Wildman–Crippen MR) is 90.8 cm³/mol. The normalized spacial score (nSPS) is 21.3. The van der Waals surface area contributed by atoms with E-state index in [4.69, 9.17) is 15.2 Å². The third-order valence-electron chi connectivity index (χ3n) is 4.33. The van der Waals surface area contributed by atoms with Gasteiger partial charge in [0, 0.05) is 18.5 Å². The Morgan fingerprint density at radius 2 is 1.96 bits per heavy atom. The summed E-state index contributed by atoms with van der Waals surface area (Å²) in [6.07, 6.45) is 1.50. The summed E-state index contributed by atoms with van der Waals surface area (Å²) in [4.78, 5) is 14.1. The molecule has 1 atom stereocenters. The molecule has 23 heavy (non-hydrogen) atoms. The van der Waals surface area contributed by atoms with Gasteiger partial charge in [0.2, 0.25) is 0 Å². The van der Waals surface area contributed by atoms with Crippen molar-refractivity contribution in [3.63, 3.8) is 0 Å². The second kappa shape index (κ2) is 6.79. The molecule has 1 fully saturated rings. The zero-order valence-corrected chi connectivity index (χ0v) is 14.6. The number of ether oxygens (including phenoxy) is 2. The molecule has 0 radical (unpaired) electrons. The summed E-state index contributed by atoms with van der Waals surface area (Å²) >= 11 is 0. The third-order valence-corrected chi connectivity index (χ3v) is 4.33. The van der Waals surface area contributed by atoms with Crippen molar-refractivity contribution in [1.82, 2.24) is 4.90 Å². The van der Waals surface area contributed by atoms with E-state index in [0.717, 1.165) is 18.6 Å². The van der Waals surface area contributed by atoms with Crippen LogP contribution in [-0.2, 0) is 10.2 Å². The number of methoxy groups -OCH3 is 1. The molecule has 0 aliphatic carbocycles. The van der Waals surface area contributed by atoms with Gasteiger partial charge in [0.25, 0.3) is 0 Å². The van der Waals surface area contributed by atoms with Gasteiger partial charge in [0.15, 0.2) is 0 Å². The molecule has 1 aromatic carbocycles. The lowest BCUT2D eigenvalue weighted by molar-refractivity contribution is 0.0283. The van der Waals surface area contributed by atoms with Gasteiger partial charge in [-0.3, -0.25) is 0 Å². The van der Waals surface area contributed by atoms with E-state index >= 15 is 0 Å². The number of benzene rings is 1. The highest BCUT2D eigenvalue weighted by atomic mass is 16.6. The van der Waals surface area contributed by atoms with E-state index < -0.39 is 5.60 Å². The maximum absolute atomic E-state index is 12.3. The fraction of sp³-hybridized carbons (Fsp3) is 0.611. The number of hydrogen-bond donors (Lipinski definition) is 1. The van der Waals surface area contributed by atoms with Gasteiger partial charge < -0.3 is 20.1 Å². The number of amides is 1. The van der Waals surface area contributed by atoms with Crippen molar-refractivity contribution in [3.05, 3.63) is 29.8 Å². The van der Waals surface area contributed by atoms with Gasteiger partial charge in [0.1, 0.15) is 11.4 Å². The van der Waals surface area contributed by atoms with Gasteiger partial charge >= 0.3 is 6.09 Å². The van der Waals surface area contributed by atoms with Crippen molar-refractivity contribution >= 4 is 6.09 Å². The molecule has 2 N–H and O–H groups in total. The summed E-state index contributed by atoms with van der Waals surface area (Å²) < 4.78 is 10.7. The molecule has 1 amide bonds. The summed E-state index contributed by atoms with van der Waals surface area (Å²) in [6, 6.07) is 8.08. The van der Waals surface area contributed by atoms with Gasteiger partial charge in [-0.15, -0.1) is 0 Å². The summed E-state index contributed by atoms with van der Waals surface area (Å²) in [5.74, 6) is 0.832. The highest BCUT2D eigenvalue weighted by molar-refractivity contribution is 5.69. The summed E-state index contributed by atoms with van der Waals surface area (Å²) in [7, 11) is 1.66. The van der Waals surface area contributed by atoms with E-state index in [9.17, 15) is 4.79 Å². The van der Waals surface area contributed by atoms with Crippen LogP contribution in [0.25, 0.3) is 0 Å². The molecule has 0 spiro atoms. The standard InChI is InChI=1S/C18H28N2O3/c1-17(2,3)23-16(21)20-12-10-18(13-20,9-11-19)14-5-7-15(22-4)8-6-14/h5-8H,9-13,19H2,1-4H3/t18-/m0/s1. The Morgan fingerprint density at radius 3 is 2.48 bits per heavy atom. The number of rotatable bonds is 4. The largest absolute Gasteiger partial charge is 0.497 e. The molecular weight excluding hydrogens is 292 g/mol. The van der Waals surface area contributed by atoms with Crippen LogP contribution in [0.5, 0.6) is 5.75 Å². The minimum Gasteiger partial charge on any atom is -0.497 e. The smallest absolute Gasteiger partial charge is 0.410 e. The van der Waals surface area contributed by atoms with E-state index in [-0.39, 0.29) is 11.5 Å². The first-order chi connectivity index (χ1) is 10.8. The molecule has 0 unspecified atom stereocenters. The van der Waals surface area contributed by atoms with Gasteiger partial charge in [-0.25, -0.2) is 4.79 Å². The van der Waals surface area contributed by atoms with Crippen molar-refractivity contribution in [2.24, 2.45) is 5.73 Å². The molecule has 5 nitrogen and oxygen atoms in total. The third kappa shape index (κ3) is 4.16. The van der Waals surface area contributed by atoms with E-state index in [0.29, 0.717) is 19.6 Å². The second-order valence-corrected chi connectivity index (χ2v) is 7.20. The molecule has 1 aliphatic rings. The van der Waals surface area contributed by atoms with Crippen LogP contribution in [0, 0.1) is 0 Å². The Balaban J connectivity index is 2.17. The molecule has 1 saturated heterocycles. The number of likely N-dealkylation sites (tertiary alicyclic amines) is 1. The molecule has 2 rings (SSSR count). The monoisotopic (exact) mass is 320 g/mol. The van der Waals surface area contributed by atoms with Crippen molar-refractivity contribution in [2.75, 3.05) is 26.7 Å². The second-order valence-electron chi connectivity index (χ2n) is 7.20. The SMILES string of the molecule is COc1ccc([C@@]2(CCN)CCN(C(=O)OC(C)(C)C)C2)cc1. The number of carbonyl (C=O) groups excluding carboxylic acids is 1. The zero-order valence-electron chi connectivity index (χ0n) is 14.6. The van der Waals surface area contributed by atoms with Crippen LogP contribution in [0.1, 0.15) is 39.2 Å². The fourth-order valence-electron chi connectivity index (χ4n) is 3.16. The average molecular weight is 320 g/mol. The maximum Gasteiger partial charge on any atom is 0.410 e. The van der Waals surface area contributed by atoms with E-state index in [2.05, 4.69) is 12.1 Å². The van der Waals surface area contributed by atoms with Crippen LogP contribution in [-0.4, -0.2) is 43.3 Å². The van der Waals surface area contributed by atoms with Crippen LogP contribution < -0.4 is 10.5 Å². The van der Waals surface area contributed by atoms with Crippen molar-refractivity contribution in [1.29, 1.82) is 0 Å². The molecule has 0 aromatic heterocycles. The zero-order chi connectivity index (χ0) is 17.1. The first kappa shape index (κ1) is 17.6. The Labute approximate surface area is 138 Å². The Bertz CT molecular complexity index is 536. The Kier molecular flexibility index (Phi) is 5.19. The highest BCUT2D eigenvalue weighted by Gasteiger charge is 2.41. The number of nitrogens with zero attached hydrogens (tertiary/aromatic N) is 1. The van der Waals surface area contributed by atoms with Crippen molar-refractivity contribution in [3.8, 4) is 5.75 Å². The number of nitrogens with two attached hydrogens (primary N) is 1. The van der Waals surface area contributed by atoms with Gasteiger partial charge in [0.05, 0.1) is 7.11 Å². The lowest BCUT2D eigenvalue weighted by atomic mass is 9.77. The quantitative estimate of drug-likeness (QED) is 0.926. The van der Waals surface area contributed by atoms with Gasteiger partial charge in [-0.1, -0.05) is 12.1 Å². The van der Waals surface area contributed by atoms with Crippen LogP contribution in [0.15, 0.2) is 24.3 Å². The van der Waals surface area contributed by atoms with E-state index in [1.807, 2.05) is 32.9 Å². The van der Waals surface area contributed by atoms with Crippen LogP contribution in [0.4, 0.5) is 4.79 Å². The molecule has 0 bridgehead atoms. The van der Waals surface area contributed by atoms with Crippen molar-refractivity contribution < 1.29 is 14.3 Å². The molecule has 128 valence electrons. The first-order valence-electron chi connectivity index (χ1n) is 8.12. The number of carbonyl (C=O) groups is 1. The van der Waals surface area contributed by atoms with Crippen LogP contribution in [0.2, 0.25) is 0 Å². The highest BCUT2D eigenvalue weighted by Crippen LogP contribution is 2.38. The Morgan fingerprint density at radius 1 is 1.30 bits per heavy atom. The van der Waals surface area contributed by atoms with E-state index in [1.54, 1.807) is 12.0 Å². The minimum absolute atomic E-state index is 0.0993. The number of hydrogen-bond acceptors (Lipinski definition) is 4. The Hall–Kier alpha value is -1.75. The topological polar surface area (TPSA) is 64.8 Å². The predicted octanol–water partition coefficient (Wildman–Crippen LogP) is 2.92. The van der Waals surface area contributed by atoms with Gasteiger partial charge in [-0.05, 0) is 57.9 Å². The summed E-state index contributed by atoms with van der Waals surface area (Å²) in [5, 5.41) is 0. The molecule has 1 aromatic rings. The fourth-order valence-corrected chi connectivity index (χ4v) is 3.16. The molecule has 1 heterocycles. The summed E-state index contributed by atoms with van der Waals surface area (Å²) in [5.41, 5.74) is 6.48. The molecular formula is C18H28N2O3. The minimum atomic E-state index is -0.476. The average Bonchev–Trinajstić information content (AvgIpc) is 2.92. The molecule has 5 heteroatoms. The van der Waals surface area contributed by atoms with Crippen molar-refractivity contribution in [2.45, 2.75) is 44.6 Å². The van der Waals surface area contributed by atoms with Crippen LogP contribution in [0.3, 0.4) is 0 Å².